The Kier molecular flexibility index (Phi) is 7.42. The van der Waals surface area contributed by atoms with Gasteiger partial charge in [-0.25, -0.2) is 0 Å². The number of Topliss-reactive ketones (excluding diaryl/α,β-unsaturated/α-hetero) is 4. The van der Waals surface area contributed by atoms with Crippen LogP contribution in [0, 0.1) is 29.1 Å². The number of benzene rings is 1. The maximum Gasteiger partial charge on any atom is 0.417 e. The molecule has 1 aromatic rings. The molecular formula is C30H36F3N3O7. The van der Waals surface area contributed by atoms with E-state index >= 15 is 0 Å². The van der Waals surface area contributed by atoms with Crippen LogP contribution in [0.3, 0.4) is 0 Å². The fourth-order valence-corrected chi connectivity index (χ4v) is 8.14. The van der Waals surface area contributed by atoms with Gasteiger partial charge < -0.3 is 15.9 Å². The molecule has 0 radical (unpaired) electrons. The number of amides is 1. The van der Waals surface area contributed by atoms with Crippen LogP contribution in [0.15, 0.2) is 6.07 Å². The number of carbonyl (C=O) groups excluding carboxylic acids is 5. The molecular weight excluding hydrogens is 571 g/mol. The van der Waals surface area contributed by atoms with Gasteiger partial charge in [-0.05, 0) is 74.8 Å². The van der Waals surface area contributed by atoms with E-state index in [4.69, 9.17) is 5.73 Å². The van der Waals surface area contributed by atoms with Gasteiger partial charge in [0.25, 0.3) is 0 Å². The highest BCUT2D eigenvalue weighted by atomic mass is 19.4. The molecule has 2 saturated carbocycles. The lowest BCUT2D eigenvalue weighted by atomic mass is 9.52. The highest BCUT2D eigenvalue weighted by Crippen LogP contribution is 2.53. The number of nitrogens with two attached hydrogens (primary N) is 1. The maximum absolute atomic E-state index is 14.8. The number of phenolic OH excluding ortho intramolecular Hbond substituents is 1. The molecule has 13 heteroatoms. The Morgan fingerprint density at radius 2 is 1.81 bits per heavy atom. The van der Waals surface area contributed by atoms with Crippen LogP contribution in [0.1, 0.15) is 60.2 Å². The summed E-state index contributed by atoms with van der Waals surface area (Å²) in [5.74, 6) is -13.3. The summed E-state index contributed by atoms with van der Waals surface area (Å²) in [6.07, 6.45) is -3.97. The number of fused-ring (bicyclic) bond motifs is 3. The third-order valence-electron chi connectivity index (χ3n) is 9.80. The number of halogens is 3. The minimum Gasteiger partial charge on any atom is -0.507 e. The largest absolute Gasteiger partial charge is 0.507 e. The highest BCUT2D eigenvalue weighted by molar-refractivity contribution is 6.32. The van der Waals surface area contributed by atoms with Crippen LogP contribution in [0.4, 0.5) is 13.2 Å². The first-order chi connectivity index (χ1) is 19.8. The van der Waals surface area contributed by atoms with Crippen LogP contribution < -0.4 is 5.73 Å². The third kappa shape index (κ3) is 4.80. The minimum atomic E-state index is -4.90. The Morgan fingerprint density at radius 3 is 2.37 bits per heavy atom. The smallest absolute Gasteiger partial charge is 0.417 e. The average Bonchev–Trinajstić information content (AvgIpc) is 2.84. The maximum atomic E-state index is 14.8. The zero-order chi connectivity index (χ0) is 32.0. The van der Waals surface area contributed by atoms with Crippen LogP contribution in [-0.2, 0) is 38.3 Å². The Bertz CT molecular complexity index is 1440. The van der Waals surface area contributed by atoms with Crippen LogP contribution in [0.5, 0.6) is 5.75 Å². The summed E-state index contributed by atoms with van der Waals surface area (Å²) in [5, 5.41) is 22.6. The average molecular weight is 608 g/mol. The van der Waals surface area contributed by atoms with Crippen LogP contribution >= 0.6 is 0 Å². The van der Waals surface area contributed by atoms with Gasteiger partial charge in [0.15, 0.2) is 34.7 Å². The number of carbonyl (C=O) groups is 5. The molecule has 43 heavy (non-hydrogen) atoms. The first kappa shape index (κ1) is 31.3. The van der Waals surface area contributed by atoms with E-state index in [1.807, 2.05) is 18.7 Å². The van der Waals surface area contributed by atoms with Gasteiger partial charge in [0, 0.05) is 19.0 Å². The molecule has 4 aliphatic rings. The molecule has 0 bridgehead atoms. The van der Waals surface area contributed by atoms with Crippen molar-refractivity contribution in [3.05, 3.63) is 28.3 Å². The van der Waals surface area contributed by atoms with E-state index in [9.17, 15) is 47.4 Å². The molecule has 2 unspecified atom stereocenters. The molecule has 1 heterocycles. The Labute approximate surface area is 246 Å². The second-order valence-corrected chi connectivity index (χ2v) is 13.5. The van der Waals surface area contributed by atoms with Crippen LogP contribution in [-0.4, -0.2) is 87.9 Å². The number of rotatable bonds is 4. The molecule has 6 atom stereocenters. The Morgan fingerprint density at radius 1 is 1.16 bits per heavy atom. The van der Waals surface area contributed by atoms with Gasteiger partial charge in [0.1, 0.15) is 5.75 Å². The summed E-state index contributed by atoms with van der Waals surface area (Å²) >= 11 is 0. The predicted molar refractivity (Wildman–Crippen MR) is 145 cm³/mol. The molecule has 5 rings (SSSR count). The Hall–Kier alpha value is -3.16. The third-order valence-corrected chi connectivity index (χ3v) is 9.80. The van der Waals surface area contributed by atoms with E-state index in [0.29, 0.717) is 13.1 Å². The molecule has 0 spiro atoms. The van der Waals surface area contributed by atoms with Gasteiger partial charge in [-0.2, -0.15) is 13.2 Å². The zero-order valence-electron chi connectivity index (χ0n) is 24.5. The van der Waals surface area contributed by atoms with E-state index in [1.54, 1.807) is 0 Å². The lowest BCUT2D eigenvalue weighted by Gasteiger charge is -2.52. The summed E-state index contributed by atoms with van der Waals surface area (Å²) in [6.45, 7) is 5.06. The summed E-state index contributed by atoms with van der Waals surface area (Å²) in [6, 6.07) is -0.423. The number of primary amides is 1. The molecule has 1 aliphatic heterocycles. The number of phenols is 1. The quantitative estimate of drug-likeness (QED) is 0.432. The summed E-state index contributed by atoms with van der Waals surface area (Å²) < 4.78 is 44.3. The van der Waals surface area contributed by atoms with Crippen molar-refractivity contribution < 1.29 is 47.4 Å². The Balaban J connectivity index is 1.62. The van der Waals surface area contributed by atoms with Gasteiger partial charge in [0.2, 0.25) is 5.91 Å². The van der Waals surface area contributed by atoms with E-state index < -0.39 is 99.4 Å². The molecule has 4 N–H and O–H groups in total. The number of nitrogens with zero attached hydrogens (tertiary/aromatic N) is 2. The lowest BCUT2D eigenvalue weighted by Crippen LogP contribution is -2.74. The van der Waals surface area contributed by atoms with Crippen molar-refractivity contribution in [3.63, 3.8) is 0 Å². The fourth-order valence-electron chi connectivity index (χ4n) is 8.14. The number of piperidine rings is 1. The van der Waals surface area contributed by atoms with Gasteiger partial charge in [-0.3, -0.25) is 33.8 Å². The van der Waals surface area contributed by atoms with E-state index in [1.165, 1.54) is 19.0 Å². The van der Waals surface area contributed by atoms with Crippen molar-refractivity contribution in [2.45, 2.75) is 63.9 Å². The van der Waals surface area contributed by atoms with Crippen molar-refractivity contribution in [3.8, 4) is 5.75 Å². The molecule has 1 amide bonds. The summed E-state index contributed by atoms with van der Waals surface area (Å²) in [7, 11) is 2.87. The molecule has 3 fully saturated rings. The van der Waals surface area contributed by atoms with E-state index in [-0.39, 0.29) is 23.9 Å². The van der Waals surface area contributed by atoms with Gasteiger partial charge >= 0.3 is 6.18 Å². The number of aliphatic hydroxyl groups is 1. The number of alkyl halides is 3. The zero-order valence-corrected chi connectivity index (χ0v) is 24.5. The molecule has 10 nitrogen and oxygen atoms in total. The molecule has 1 saturated heterocycles. The van der Waals surface area contributed by atoms with Gasteiger partial charge in [-0.15, -0.1) is 0 Å². The number of aromatic hydroxyl groups is 1. The predicted octanol–water partition coefficient (Wildman–Crippen LogP) is 1.51. The number of ketones is 4. The van der Waals surface area contributed by atoms with E-state index in [2.05, 4.69) is 0 Å². The topological polar surface area (TPSA) is 158 Å². The van der Waals surface area contributed by atoms with Crippen molar-refractivity contribution in [2.75, 3.05) is 27.2 Å². The number of hydrogen-bond donors (Lipinski definition) is 3. The SMILES string of the molecule is CN(C)[C@@H]1C(=O)C(C(N)=O)C(=O)[C@@]2(O)C(=O)C3C(=O)c4c(O)cc(CN5CCCC(C)(C)C5)c(C(F)(F)F)c4C[C@H]3C[C@@H]12. The van der Waals surface area contributed by atoms with Gasteiger partial charge in [0.05, 0.1) is 23.1 Å². The highest BCUT2D eigenvalue weighted by Gasteiger charge is 2.69. The molecule has 1 aromatic carbocycles. The normalized spacial score (nSPS) is 32.8. The number of likely N-dealkylation sites (N-methyl/N-ethyl adjacent to an activating group) is 1. The first-order valence-corrected chi connectivity index (χ1v) is 14.3. The fraction of sp³-hybridized carbons (Fsp3) is 0.633. The second-order valence-electron chi connectivity index (χ2n) is 13.5. The van der Waals surface area contributed by atoms with Crippen LogP contribution in [0.25, 0.3) is 0 Å². The lowest BCUT2D eigenvalue weighted by molar-refractivity contribution is -0.181. The van der Waals surface area contributed by atoms with Crippen molar-refractivity contribution >= 4 is 29.0 Å². The van der Waals surface area contributed by atoms with Crippen molar-refractivity contribution in [1.29, 1.82) is 0 Å². The second kappa shape index (κ2) is 10.2. The monoisotopic (exact) mass is 607 g/mol. The van der Waals surface area contributed by atoms with Gasteiger partial charge in [-0.1, -0.05) is 13.8 Å². The van der Waals surface area contributed by atoms with Crippen molar-refractivity contribution in [1.82, 2.24) is 9.80 Å². The van der Waals surface area contributed by atoms with Crippen LogP contribution in [0.2, 0.25) is 0 Å². The number of hydrogen-bond acceptors (Lipinski definition) is 9. The molecule has 234 valence electrons. The standard InChI is InChI=1S/C30H36F3N3O7/c1-28(2)6-5-7-36(12-28)11-14-10-17(37)19-15(21(14)30(31,32)33)8-13-9-16-22(35(3)4)24(39)20(27(34)42)26(41)29(16,43)25(40)18(13)23(19)38/h10,13,16,18,20,22,37,43H,5-9,11-12H2,1-4H3,(H2,34,42)/t13-,16-,18?,20?,22-,29-/m0/s1. The number of likely N-dealkylation sites (tertiary alicyclic amines) is 1. The van der Waals surface area contributed by atoms with E-state index in [0.717, 1.165) is 18.9 Å². The molecule has 0 aromatic heterocycles. The first-order valence-electron chi connectivity index (χ1n) is 14.3. The minimum absolute atomic E-state index is 0.108. The summed E-state index contributed by atoms with van der Waals surface area (Å²) in [5.41, 5.74) is -0.0899. The van der Waals surface area contributed by atoms with Crippen molar-refractivity contribution in [2.24, 2.45) is 34.8 Å². The molecule has 3 aliphatic carbocycles. The summed E-state index contributed by atoms with van der Waals surface area (Å²) in [4.78, 5) is 69.6.